The van der Waals surface area contributed by atoms with E-state index in [1.165, 1.54) is 0 Å². The molecule has 0 saturated carbocycles. The third-order valence-corrected chi connectivity index (χ3v) is 1.09. The highest BCUT2D eigenvalue weighted by atomic mass is 14.9. The number of aliphatic imine (C=N–C) groups is 2. The lowest BCUT2D eigenvalue weighted by molar-refractivity contribution is 1.57. The zero-order valence-corrected chi connectivity index (χ0v) is 4.13. The van der Waals surface area contributed by atoms with Crippen molar-refractivity contribution in [3.63, 3.8) is 0 Å². The van der Waals surface area contributed by atoms with E-state index in [1.807, 2.05) is 6.08 Å². The minimum atomic E-state index is 0.796. The predicted molar refractivity (Wildman–Crippen MR) is 31.8 cm³/mol. The summed E-state index contributed by atoms with van der Waals surface area (Å²) in [5.74, 6) is 0.796. The standard InChI is InChI=1S/C6H3N2/c1-3-7-6-5(1)2-4-8-6/h1,3-4H. The Hall–Kier alpha value is -1.18. The van der Waals surface area contributed by atoms with Crippen LogP contribution in [0.2, 0.25) is 0 Å². The summed E-state index contributed by atoms with van der Waals surface area (Å²) in [5, 5.41) is 0. The molecule has 0 aromatic heterocycles. The van der Waals surface area contributed by atoms with Gasteiger partial charge in [-0.3, -0.25) is 0 Å². The molecule has 0 fully saturated rings. The second kappa shape index (κ2) is 1.15. The molecule has 0 saturated heterocycles. The van der Waals surface area contributed by atoms with Crippen molar-refractivity contribution in [1.82, 2.24) is 0 Å². The molecule has 1 radical (unpaired) electrons. The summed E-state index contributed by atoms with van der Waals surface area (Å²) in [7, 11) is 0. The first-order valence-corrected chi connectivity index (χ1v) is 2.37. The molecule has 2 heterocycles. The molecule has 8 heavy (non-hydrogen) atoms. The SMILES string of the molecule is [C]1=CN=C2N=CC=C12. The predicted octanol–water partition coefficient (Wildman–Crippen LogP) is 0.726. The van der Waals surface area contributed by atoms with Gasteiger partial charge >= 0.3 is 0 Å². The first kappa shape index (κ1) is 3.78. The molecular weight excluding hydrogens is 100 g/mol. The van der Waals surface area contributed by atoms with Crippen LogP contribution in [0.4, 0.5) is 0 Å². The van der Waals surface area contributed by atoms with Gasteiger partial charge in [-0.2, -0.15) is 0 Å². The minimum Gasteiger partial charge on any atom is -0.237 e. The van der Waals surface area contributed by atoms with Crippen LogP contribution >= 0.6 is 0 Å². The first-order valence-electron chi connectivity index (χ1n) is 2.37. The molecule has 0 bridgehead atoms. The molecule has 0 aliphatic carbocycles. The van der Waals surface area contributed by atoms with Crippen LogP contribution in [0.1, 0.15) is 0 Å². The number of nitrogens with zero attached hydrogens (tertiary/aromatic N) is 2. The lowest BCUT2D eigenvalue weighted by atomic mass is 10.3. The van der Waals surface area contributed by atoms with E-state index in [4.69, 9.17) is 0 Å². The number of amidine groups is 1. The zero-order valence-electron chi connectivity index (χ0n) is 4.13. The van der Waals surface area contributed by atoms with Crippen molar-refractivity contribution in [1.29, 1.82) is 0 Å². The van der Waals surface area contributed by atoms with Gasteiger partial charge in [0.1, 0.15) is 0 Å². The Kier molecular flexibility index (Phi) is 0.545. The summed E-state index contributed by atoms with van der Waals surface area (Å²) in [6, 6.07) is 0. The Labute approximate surface area is 47.0 Å². The smallest absolute Gasteiger partial charge is 0.159 e. The quantitative estimate of drug-likeness (QED) is 0.431. The second-order valence-electron chi connectivity index (χ2n) is 1.58. The Morgan fingerprint density at radius 3 is 3.38 bits per heavy atom. The minimum absolute atomic E-state index is 0.796. The van der Waals surface area contributed by atoms with E-state index in [0.29, 0.717) is 0 Å². The van der Waals surface area contributed by atoms with Crippen LogP contribution < -0.4 is 0 Å². The summed E-state index contributed by atoms with van der Waals surface area (Å²) in [4.78, 5) is 7.85. The summed E-state index contributed by atoms with van der Waals surface area (Å²) >= 11 is 0. The monoisotopic (exact) mass is 103 g/mol. The van der Waals surface area contributed by atoms with Gasteiger partial charge in [-0.1, -0.05) is 0 Å². The maximum absolute atomic E-state index is 3.94. The third-order valence-electron chi connectivity index (χ3n) is 1.09. The highest BCUT2D eigenvalue weighted by Gasteiger charge is 2.09. The second-order valence-corrected chi connectivity index (χ2v) is 1.58. The van der Waals surface area contributed by atoms with Crippen LogP contribution in [0.15, 0.2) is 27.8 Å². The lowest BCUT2D eigenvalue weighted by Crippen LogP contribution is -1.84. The fourth-order valence-electron chi connectivity index (χ4n) is 0.705. The van der Waals surface area contributed by atoms with Crippen LogP contribution in [-0.2, 0) is 0 Å². The number of allylic oxidation sites excluding steroid dienone is 1. The van der Waals surface area contributed by atoms with Crippen LogP contribution in [0.3, 0.4) is 0 Å². The van der Waals surface area contributed by atoms with Gasteiger partial charge in [0.15, 0.2) is 5.84 Å². The third kappa shape index (κ3) is 0.320. The first-order chi connectivity index (χ1) is 3.97. The van der Waals surface area contributed by atoms with Gasteiger partial charge in [0, 0.05) is 24.1 Å². The summed E-state index contributed by atoms with van der Waals surface area (Å²) < 4.78 is 0. The Bertz CT molecular complexity index is 205. The summed E-state index contributed by atoms with van der Waals surface area (Å²) in [6.07, 6.45) is 8.18. The van der Waals surface area contributed by atoms with Crippen molar-refractivity contribution in [2.45, 2.75) is 0 Å². The molecule has 2 aliphatic rings. The van der Waals surface area contributed by atoms with Crippen molar-refractivity contribution in [2.24, 2.45) is 9.98 Å². The molecule has 0 spiro atoms. The van der Waals surface area contributed by atoms with Crippen LogP contribution in [-0.4, -0.2) is 12.1 Å². The number of fused-ring (bicyclic) bond motifs is 1. The molecule has 37 valence electrons. The maximum Gasteiger partial charge on any atom is 0.159 e. The largest absolute Gasteiger partial charge is 0.237 e. The van der Waals surface area contributed by atoms with Crippen molar-refractivity contribution >= 4 is 12.1 Å². The fraction of sp³-hybridized carbons (Fsp3) is 0. The Balaban J connectivity index is 2.59. The average molecular weight is 103 g/mol. The fourth-order valence-corrected chi connectivity index (χ4v) is 0.705. The van der Waals surface area contributed by atoms with Crippen molar-refractivity contribution < 1.29 is 0 Å². The van der Waals surface area contributed by atoms with E-state index in [1.54, 1.807) is 12.4 Å². The van der Waals surface area contributed by atoms with E-state index in [-0.39, 0.29) is 0 Å². The molecular formula is C6H3N2. The number of hydrogen-bond donors (Lipinski definition) is 0. The molecule has 2 nitrogen and oxygen atoms in total. The van der Waals surface area contributed by atoms with Gasteiger partial charge in [0.2, 0.25) is 0 Å². The summed E-state index contributed by atoms with van der Waals surface area (Å²) in [6.45, 7) is 0. The van der Waals surface area contributed by atoms with Crippen molar-refractivity contribution in [3.8, 4) is 0 Å². The maximum atomic E-state index is 3.94. The van der Waals surface area contributed by atoms with E-state index in [0.717, 1.165) is 11.4 Å². The van der Waals surface area contributed by atoms with E-state index >= 15 is 0 Å². The number of hydrogen-bond acceptors (Lipinski definition) is 2. The molecule has 0 unspecified atom stereocenters. The Morgan fingerprint density at radius 2 is 2.50 bits per heavy atom. The molecule has 0 aromatic rings. The Morgan fingerprint density at radius 1 is 1.50 bits per heavy atom. The molecule has 0 amide bonds. The van der Waals surface area contributed by atoms with Crippen molar-refractivity contribution in [3.05, 3.63) is 23.9 Å². The topological polar surface area (TPSA) is 24.7 Å². The molecule has 2 heteroatoms. The van der Waals surface area contributed by atoms with Crippen molar-refractivity contribution in [2.75, 3.05) is 0 Å². The normalized spacial score (nSPS) is 21.0. The van der Waals surface area contributed by atoms with Gasteiger partial charge in [0.25, 0.3) is 0 Å². The van der Waals surface area contributed by atoms with Crippen LogP contribution in [0, 0.1) is 6.08 Å². The molecule has 0 aromatic carbocycles. The molecule has 2 rings (SSSR count). The van der Waals surface area contributed by atoms with Crippen LogP contribution in [0.5, 0.6) is 0 Å². The van der Waals surface area contributed by atoms with Gasteiger partial charge in [-0.15, -0.1) is 0 Å². The average Bonchev–Trinajstić information content (AvgIpc) is 2.15. The van der Waals surface area contributed by atoms with Gasteiger partial charge in [-0.25, -0.2) is 9.98 Å². The highest BCUT2D eigenvalue weighted by Crippen LogP contribution is 2.11. The zero-order chi connectivity index (χ0) is 5.40. The van der Waals surface area contributed by atoms with E-state index < -0.39 is 0 Å². The lowest BCUT2D eigenvalue weighted by Gasteiger charge is -1.80. The van der Waals surface area contributed by atoms with Crippen LogP contribution in [0.25, 0.3) is 0 Å². The van der Waals surface area contributed by atoms with Gasteiger partial charge in [0.05, 0.1) is 0 Å². The van der Waals surface area contributed by atoms with E-state index in [9.17, 15) is 0 Å². The summed E-state index contributed by atoms with van der Waals surface area (Å²) in [5.41, 5.74) is 1.00. The number of rotatable bonds is 0. The van der Waals surface area contributed by atoms with Gasteiger partial charge < -0.3 is 0 Å². The van der Waals surface area contributed by atoms with E-state index in [2.05, 4.69) is 16.1 Å². The van der Waals surface area contributed by atoms with Gasteiger partial charge in [-0.05, 0) is 6.08 Å². The molecule has 2 aliphatic heterocycles. The molecule has 0 N–H and O–H groups in total. The molecule has 0 atom stereocenters. The highest BCUT2D eigenvalue weighted by molar-refractivity contribution is 6.13.